The zero-order valence-electron chi connectivity index (χ0n) is 8.12. The standard InChI is InChI=1S/C9H14N2O3/c1-9(8(13)14)6-3-2-4-11(6)5-7(12)10-9/h6H,2-5H2,1H3,(H,10,12)(H,13,14). The first-order valence-electron chi connectivity index (χ1n) is 4.82. The van der Waals surface area contributed by atoms with E-state index in [9.17, 15) is 9.59 Å². The number of carboxylic acids is 1. The van der Waals surface area contributed by atoms with Crippen LogP contribution in [-0.2, 0) is 9.59 Å². The molecule has 0 aromatic heterocycles. The fourth-order valence-corrected chi connectivity index (χ4v) is 2.46. The fraction of sp³-hybridized carbons (Fsp3) is 0.778. The van der Waals surface area contributed by atoms with Gasteiger partial charge in [-0.25, -0.2) is 4.79 Å². The fourth-order valence-electron chi connectivity index (χ4n) is 2.46. The number of carbonyl (C=O) groups excluding carboxylic acids is 1. The van der Waals surface area contributed by atoms with Gasteiger partial charge in [-0.2, -0.15) is 0 Å². The van der Waals surface area contributed by atoms with Crippen molar-refractivity contribution in [1.29, 1.82) is 0 Å². The average molecular weight is 198 g/mol. The highest BCUT2D eigenvalue weighted by molar-refractivity contribution is 5.90. The zero-order chi connectivity index (χ0) is 10.3. The van der Waals surface area contributed by atoms with Crippen LogP contribution in [0.4, 0.5) is 0 Å². The van der Waals surface area contributed by atoms with Crippen molar-refractivity contribution in [2.24, 2.45) is 0 Å². The summed E-state index contributed by atoms with van der Waals surface area (Å²) >= 11 is 0. The van der Waals surface area contributed by atoms with E-state index in [2.05, 4.69) is 5.32 Å². The highest BCUT2D eigenvalue weighted by Crippen LogP contribution is 2.29. The summed E-state index contributed by atoms with van der Waals surface area (Å²) in [4.78, 5) is 24.4. The van der Waals surface area contributed by atoms with E-state index >= 15 is 0 Å². The molecule has 2 saturated heterocycles. The van der Waals surface area contributed by atoms with E-state index in [1.807, 2.05) is 4.90 Å². The van der Waals surface area contributed by atoms with Crippen molar-refractivity contribution in [3.63, 3.8) is 0 Å². The van der Waals surface area contributed by atoms with Crippen molar-refractivity contribution in [2.75, 3.05) is 13.1 Å². The van der Waals surface area contributed by atoms with Gasteiger partial charge < -0.3 is 10.4 Å². The van der Waals surface area contributed by atoms with Crippen molar-refractivity contribution < 1.29 is 14.7 Å². The highest BCUT2D eigenvalue weighted by atomic mass is 16.4. The summed E-state index contributed by atoms with van der Waals surface area (Å²) in [5, 5.41) is 11.7. The van der Waals surface area contributed by atoms with E-state index < -0.39 is 11.5 Å². The minimum atomic E-state index is -1.11. The second-order valence-electron chi connectivity index (χ2n) is 4.18. The maximum absolute atomic E-state index is 11.3. The molecule has 2 N–H and O–H groups in total. The Morgan fingerprint density at radius 3 is 3.07 bits per heavy atom. The Morgan fingerprint density at radius 2 is 2.43 bits per heavy atom. The highest BCUT2D eigenvalue weighted by Gasteiger charge is 2.50. The van der Waals surface area contributed by atoms with Crippen LogP contribution in [0.15, 0.2) is 0 Å². The van der Waals surface area contributed by atoms with Gasteiger partial charge in [0.25, 0.3) is 0 Å². The Morgan fingerprint density at radius 1 is 1.71 bits per heavy atom. The van der Waals surface area contributed by atoms with Gasteiger partial charge in [0.15, 0.2) is 5.54 Å². The summed E-state index contributed by atoms with van der Waals surface area (Å²) in [6.45, 7) is 2.77. The molecule has 0 aliphatic carbocycles. The quantitative estimate of drug-likeness (QED) is 0.591. The maximum atomic E-state index is 11.3. The number of hydrogen-bond donors (Lipinski definition) is 2. The van der Waals surface area contributed by atoms with Gasteiger partial charge in [-0.15, -0.1) is 0 Å². The lowest BCUT2D eigenvalue weighted by atomic mass is 9.88. The summed E-state index contributed by atoms with van der Waals surface area (Å²) in [6, 6.07) is -0.0438. The first-order valence-corrected chi connectivity index (χ1v) is 4.82. The van der Waals surface area contributed by atoms with Crippen molar-refractivity contribution in [3.8, 4) is 0 Å². The van der Waals surface area contributed by atoms with E-state index in [0.717, 1.165) is 19.4 Å². The number of hydrogen-bond acceptors (Lipinski definition) is 3. The van der Waals surface area contributed by atoms with E-state index in [-0.39, 0.29) is 11.9 Å². The van der Waals surface area contributed by atoms with E-state index in [1.54, 1.807) is 6.92 Å². The number of aliphatic carboxylic acids is 1. The van der Waals surface area contributed by atoms with Gasteiger partial charge in [0.2, 0.25) is 5.91 Å². The third kappa shape index (κ3) is 1.19. The number of piperazine rings is 1. The third-order valence-corrected chi connectivity index (χ3v) is 3.22. The average Bonchev–Trinajstić information content (AvgIpc) is 2.51. The Hall–Kier alpha value is -1.10. The van der Waals surface area contributed by atoms with E-state index in [4.69, 9.17) is 5.11 Å². The van der Waals surface area contributed by atoms with Crippen LogP contribution in [0.1, 0.15) is 19.8 Å². The predicted molar refractivity (Wildman–Crippen MR) is 48.8 cm³/mol. The predicted octanol–water partition coefficient (Wildman–Crippen LogP) is -0.576. The largest absolute Gasteiger partial charge is 0.479 e. The lowest BCUT2D eigenvalue weighted by molar-refractivity contribution is -0.153. The molecule has 2 heterocycles. The topological polar surface area (TPSA) is 69.6 Å². The minimum absolute atomic E-state index is 0.0438. The molecular weight excluding hydrogens is 184 g/mol. The molecule has 0 aromatic rings. The second-order valence-corrected chi connectivity index (χ2v) is 4.18. The number of carboxylic acid groups (broad SMARTS) is 1. The van der Waals surface area contributed by atoms with Gasteiger partial charge in [-0.1, -0.05) is 0 Å². The lowest BCUT2D eigenvalue weighted by Gasteiger charge is -2.42. The summed E-state index contributed by atoms with van der Waals surface area (Å²) in [7, 11) is 0. The summed E-state index contributed by atoms with van der Waals surface area (Å²) in [5.74, 6) is -1.13. The van der Waals surface area contributed by atoms with Crippen LogP contribution in [0.3, 0.4) is 0 Å². The Balaban J connectivity index is 2.30. The van der Waals surface area contributed by atoms with Gasteiger partial charge in [0, 0.05) is 6.04 Å². The van der Waals surface area contributed by atoms with E-state index in [1.165, 1.54) is 0 Å². The van der Waals surface area contributed by atoms with Crippen LogP contribution < -0.4 is 5.32 Å². The van der Waals surface area contributed by atoms with Gasteiger partial charge >= 0.3 is 5.97 Å². The molecule has 0 spiro atoms. The Bertz CT molecular complexity index is 292. The Labute approximate surface area is 82.1 Å². The van der Waals surface area contributed by atoms with Crippen LogP contribution in [0, 0.1) is 0 Å². The molecule has 0 saturated carbocycles. The maximum Gasteiger partial charge on any atom is 0.330 e. The van der Waals surface area contributed by atoms with Crippen LogP contribution in [-0.4, -0.2) is 46.6 Å². The third-order valence-electron chi connectivity index (χ3n) is 3.22. The van der Waals surface area contributed by atoms with Crippen LogP contribution >= 0.6 is 0 Å². The molecule has 0 radical (unpaired) electrons. The van der Waals surface area contributed by atoms with Gasteiger partial charge in [-0.05, 0) is 26.3 Å². The van der Waals surface area contributed by atoms with Crippen molar-refractivity contribution >= 4 is 11.9 Å². The van der Waals surface area contributed by atoms with Crippen molar-refractivity contribution in [3.05, 3.63) is 0 Å². The number of nitrogens with zero attached hydrogens (tertiary/aromatic N) is 1. The molecule has 0 bridgehead atoms. The normalized spacial score (nSPS) is 37.8. The lowest BCUT2D eigenvalue weighted by Crippen LogP contribution is -2.69. The smallest absolute Gasteiger partial charge is 0.330 e. The van der Waals surface area contributed by atoms with Crippen LogP contribution in [0.25, 0.3) is 0 Å². The molecule has 5 nitrogen and oxygen atoms in total. The molecule has 2 fully saturated rings. The molecule has 14 heavy (non-hydrogen) atoms. The number of fused-ring (bicyclic) bond motifs is 1. The second kappa shape index (κ2) is 2.95. The first-order chi connectivity index (χ1) is 6.54. The molecule has 2 unspecified atom stereocenters. The molecule has 2 aliphatic heterocycles. The van der Waals surface area contributed by atoms with Crippen LogP contribution in [0.2, 0.25) is 0 Å². The summed E-state index contributed by atoms with van der Waals surface area (Å²) < 4.78 is 0. The molecule has 2 rings (SSSR count). The van der Waals surface area contributed by atoms with Gasteiger partial charge in [-0.3, -0.25) is 9.69 Å². The molecular formula is C9H14N2O3. The molecule has 5 heteroatoms. The number of rotatable bonds is 1. The number of carbonyl (C=O) groups is 2. The SMILES string of the molecule is CC1(C(=O)O)NC(=O)CN2CCCC21. The van der Waals surface area contributed by atoms with E-state index in [0.29, 0.717) is 6.54 Å². The summed E-state index contributed by atoms with van der Waals surface area (Å²) in [6.07, 6.45) is 1.82. The molecule has 2 aliphatic rings. The monoisotopic (exact) mass is 198 g/mol. The number of amides is 1. The number of nitrogens with one attached hydrogen (secondary N) is 1. The molecule has 2 atom stereocenters. The molecule has 1 amide bonds. The minimum Gasteiger partial charge on any atom is -0.479 e. The van der Waals surface area contributed by atoms with Gasteiger partial charge in [0.05, 0.1) is 6.54 Å². The first kappa shape index (κ1) is 9.45. The Kier molecular flexibility index (Phi) is 1.99. The van der Waals surface area contributed by atoms with Crippen molar-refractivity contribution in [1.82, 2.24) is 10.2 Å². The molecule has 78 valence electrons. The van der Waals surface area contributed by atoms with Gasteiger partial charge in [0.1, 0.15) is 0 Å². The zero-order valence-corrected chi connectivity index (χ0v) is 8.12. The summed E-state index contributed by atoms with van der Waals surface area (Å²) in [5.41, 5.74) is -1.11. The van der Waals surface area contributed by atoms with Crippen molar-refractivity contribution in [2.45, 2.75) is 31.3 Å². The molecule has 0 aromatic carbocycles. The van der Waals surface area contributed by atoms with Crippen LogP contribution in [0.5, 0.6) is 0 Å².